The van der Waals surface area contributed by atoms with Crippen molar-refractivity contribution in [1.29, 1.82) is 0 Å². The molecule has 222 valence electrons. The van der Waals surface area contributed by atoms with Crippen LogP contribution in [0.2, 0.25) is 0 Å². The minimum atomic E-state index is 0. The summed E-state index contributed by atoms with van der Waals surface area (Å²) >= 11 is 1.46. The van der Waals surface area contributed by atoms with Crippen molar-refractivity contribution in [2.45, 2.75) is 65.7 Å². The van der Waals surface area contributed by atoms with E-state index >= 15 is 0 Å². The van der Waals surface area contributed by atoms with E-state index < -0.39 is 0 Å². The van der Waals surface area contributed by atoms with E-state index in [0.717, 1.165) is 6.42 Å². The summed E-state index contributed by atoms with van der Waals surface area (Å²) in [7, 11) is 0. The van der Waals surface area contributed by atoms with Crippen molar-refractivity contribution in [2.24, 2.45) is 0 Å². The molecular weight excluding hydrogens is 643 g/mol. The molecule has 0 aliphatic heterocycles. The summed E-state index contributed by atoms with van der Waals surface area (Å²) in [6, 6.07) is 44.5. The van der Waals surface area contributed by atoms with Gasteiger partial charge in [-0.25, -0.2) is 12.1 Å². The van der Waals surface area contributed by atoms with Gasteiger partial charge in [0, 0.05) is 0 Å². The molecule has 6 rings (SSSR count). The number of benzene rings is 4. The first-order valence-corrected chi connectivity index (χ1v) is 15.7. The summed E-state index contributed by atoms with van der Waals surface area (Å²) in [5, 5.41) is 0. The van der Waals surface area contributed by atoms with Crippen molar-refractivity contribution < 1.29 is 49.0 Å². The average Bonchev–Trinajstić information content (AvgIpc) is 3.64. The van der Waals surface area contributed by atoms with Crippen LogP contribution in [0.25, 0.3) is 11.1 Å². The van der Waals surface area contributed by atoms with Gasteiger partial charge in [-0.1, -0.05) is 65.3 Å². The molecule has 0 atom stereocenters. The first-order chi connectivity index (χ1) is 19.4. The van der Waals surface area contributed by atoms with Gasteiger partial charge < -0.3 is 24.8 Å². The van der Waals surface area contributed by atoms with E-state index in [1.54, 1.807) is 0 Å². The fourth-order valence-electron chi connectivity index (χ4n) is 4.84. The van der Waals surface area contributed by atoms with E-state index in [1.165, 1.54) is 77.5 Å². The SMILES string of the molecule is CC(C)(C)c1[c-]c2c(cc1)-c1ccc(C(C)(C)C)cc1C2.Cc1ccc([C](=[Zr+2])c2ccccc2)cc1.[Cl-].[Cl-].c1cc[cH-]c1. The first-order valence-electron chi connectivity index (χ1n) is 14.5. The van der Waals surface area contributed by atoms with Crippen LogP contribution >= 0.6 is 0 Å². The Hall–Kier alpha value is -2.44. The molecule has 5 aromatic carbocycles. The summed E-state index contributed by atoms with van der Waals surface area (Å²) in [6.45, 7) is 15.7. The van der Waals surface area contributed by atoms with Crippen LogP contribution in [0.15, 0.2) is 115 Å². The van der Waals surface area contributed by atoms with Crippen LogP contribution in [0.3, 0.4) is 0 Å². The summed E-state index contributed by atoms with van der Waals surface area (Å²) in [5.41, 5.74) is 12.7. The zero-order chi connectivity index (χ0) is 29.6. The summed E-state index contributed by atoms with van der Waals surface area (Å²) in [5.74, 6) is 0. The third-order valence-corrected chi connectivity index (χ3v) is 8.84. The average molecular weight is 685 g/mol. The Balaban J connectivity index is 0.000000256. The molecule has 0 spiro atoms. The van der Waals surface area contributed by atoms with E-state index in [2.05, 4.69) is 139 Å². The molecule has 1 aliphatic rings. The zero-order valence-electron chi connectivity index (χ0n) is 26.4. The van der Waals surface area contributed by atoms with Gasteiger partial charge in [-0.2, -0.15) is 42.0 Å². The van der Waals surface area contributed by atoms with E-state index in [9.17, 15) is 0 Å². The molecule has 0 saturated carbocycles. The quantitative estimate of drug-likeness (QED) is 0.241. The molecule has 3 heteroatoms. The first kappa shape index (κ1) is 36.8. The number of aryl methyl sites for hydroxylation is 1. The van der Waals surface area contributed by atoms with Crippen molar-refractivity contribution in [1.82, 2.24) is 0 Å². The van der Waals surface area contributed by atoms with Crippen molar-refractivity contribution in [3.8, 4) is 11.1 Å². The van der Waals surface area contributed by atoms with Gasteiger partial charge in [0.25, 0.3) is 0 Å². The molecule has 0 unspecified atom stereocenters. The molecule has 43 heavy (non-hydrogen) atoms. The summed E-state index contributed by atoms with van der Waals surface area (Å²) in [6.07, 6.45) is 1.03. The number of hydrogen-bond acceptors (Lipinski definition) is 0. The third-order valence-electron chi connectivity index (χ3n) is 7.42. The molecule has 0 fully saturated rings. The Bertz CT molecular complexity index is 1490. The molecule has 0 amide bonds. The maximum absolute atomic E-state index is 3.67. The number of halogens is 2. The van der Waals surface area contributed by atoms with Crippen LogP contribution in [-0.4, -0.2) is 3.21 Å². The monoisotopic (exact) mass is 682 g/mol. The number of rotatable bonds is 2. The smallest absolute Gasteiger partial charge is 0.172 e. The Labute approximate surface area is 287 Å². The van der Waals surface area contributed by atoms with Crippen LogP contribution < -0.4 is 24.8 Å². The van der Waals surface area contributed by atoms with Crippen LogP contribution in [0, 0.1) is 13.0 Å². The molecule has 0 nitrogen and oxygen atoms in total. The van der Waals surface area contributed by atoms with E-state index in [0.29, 0.717) is 0 Å². The van der Waals surface area contributed by atoms with Crippen molar-refractivity contribution >= 4 is 3.21 Å². The van der Waals surface area contributed by atoms with Gasteiger partial charge in [-0.3, -0.25) is 0 Å². The van der Waals surface area contributed by atoms with E-state index in [1.807, 2.05) is 30.3 Å². The van der Waals surface area contributed by atoms with Gasteiger partial charge in [0.1, 0.15) is 0 Å². The maximum atomic E-state index is 3.67. The molecular formula is C40H42Cl2Zr-2. The summed E-state index contributed by atoms with van der Waals surface area (Å²) < 4.78 is 1.42. The normalized spacial score (nSPS) is 11.3. The largest absolute Gasteiger partial charge is 1.00 e. The van der Waals surface area contributed by atoms with Gasteiger partial charge in [0.2, 0.25) is 0 Å². The molecule has 0 heterocycles. The fourth-order valence-corrected chi connectivity index (χ4v) is 5.66. The molecule has 1 aliphatic carbocycles. The molecule has 5 aromatic rings. The Morgan fingerprint density at radius 3 is 1.79 bits per heavy atom. The molecule has 0 N–H and O–H groups in total. The van der Waals surface area contributed by atoms with E-state index in [4.69, 9.17) is 0 Å². The zero-order valence-corrected chi connectivity index (χ0v) is 30.4. The van der Waals surface area contributed by atoms with Crippen LogP contribution in [-0.2, 0) is 41.5 Å². The summed E-state index contributed by atoms with van der Waals surface area (Å²) in [4.78, 5) is 0. The van der Waals surface area contributed by atoms with Gasteiger partial charge >= 0.3 is 106 Å². The predicted molar refractivity (Wildman–Crippen MR) is 174 cm³/mol. The second-order valence-corrected chi connectivity index (χ2v) is 14.1. The molecule has 0 saturated heterocycles. The van der Waals surface area contributed by atoms with Gasteiger partial charge in [-0.15, -0.1) is 11.1 Å². The third kappa shape index (κ3) is 10.0. The van der Waals surface area contributed by atoms with Gasteiger partial charge in [0.05, 0.1) is 0 Å². The number of hydrogen-bond donors (Lipinski definition) is 0. The fraction of sp³-hybridized carbons (Fsp3) is 0.250. The van der Waals surface area contributed by atoms with Crippen LogP contribution in [0.1, 0.15) is 80.5 Å². The van der Waals surface area contributed by atoms with Crippen LogP contribution in [0.4, 0.5) is 0 Å². The minimum Gasteiger partial charge on any atom is -1.00 e. The maximum Gasteiger partial charge on any atom is -0.172 e. The predicted octanol–water partition coefficient (Wildman–Crippen LogP) is 4.18. The Kier molecular flexibility index (Phi) is 13.7. The Morgan fingerprint density at radius 1 is 0.674 bits per heavy atom. The van der Waals surface area contributed by atoms with Crippen molar-refractivity contribution in [2.75, 3.05) is 0 Å². The van der Waals surface area contributed by atoms with Crippen molar-refractivity contribution in [3.05, 3.63) is 160 Å². The molecule has 0 aromatic heterocycles. The molecule has 0 radical (unpaired) electrons. The van der Waals surface area contributed by atoms with E-state index in [-0.39, 0.29) is 35.6 Å². The second kappa shape index (κ2) is 16.0. The standard InChI is InChI=1S/C21H25.C14H12.C5H5.2ClH.Zr/c1-20(2,3)16-7-9-18-14(12-16)11-15-13-17(21(4,5)6)8-10-19(15)18;1-12-7-9-14(10-8-12)11-13-5-3-2-4-6-13;1-2-4-5-3-1;;;/h7-10,12H,11H2,1-6H3;2-10H,1H3;1-5H;2*1H;/q-1;;-1;;;+2/p-2. The Morgan fingerprint density at radius 2 is 1.26 bits per heavy atom. The van der Waals surface area contributed by atoms with Gasteiger partial charge in [-0.05, 0) is 28.4 Å². The van der Waals surface area contributed by atoms with Gasteiger partial charge in [0.15, 0.2) is 0 Å². The van der Waals surface area contributed by atoms with Crippen LogP contribution in [0.5, 0.6) is 0 Å². The number of fused-ring (bicyclic) bond motifs is 3. The molecule has 0 bridgehead atoms. The topological polar surface area (TPSA) is 0 Å². The minimum absolute atomic E-state index is 0. The van der Waals surface area contributed by atoms with Crippen molar-refractivity contribution in [3.63, 3.8) is 0 Å². The second-order valence-electron chi connectivity index (χ2n) is 12.9.